The highest BCUT2D eigenvalue weighted by Crippen LogP contribution is 2.31. The van der Waals surface area contributed by atoms with Gasteiger partial charge in [0.25, 0.3) is 5.69 Å². The second kappa shape index (κ2) is 9.27. The fourth-order valence-electron chi connectivity index (χ4n) is 3.19. The maximum absolute atomic E-state index is 12.6. The van der Waals surface area contributed by atoms with Crippen LogP contribution in [0.5, 0.6) is 0 Å². The van der Waals surface area contributed by atoms with Crippen molar-refractivity contribution in [2.24, 2.45) is 0 Å². The highest BCUT2D eigenvalue weighted by molar-refractivity contribution is 7.89. The first-order valence-electron chi connectivity index (χ1n) is 9.17. The number of nitrogens with zero attached hydrogens (tertiary/aromatic N) is 4. The van der Waals surface area contributed by atoms with Crippen molar-refractivity contribution in [3.63, 3.8) is 0 Å². The van der Waals surface area contributed by atoms with E-state index >= 15 is 0 Å². The summed E-state index contributed by atoms with van der Waals surface area (Å²) in [5.74, 6) is 0. The Hall–Kier alpha value is -2.60. The smallest absolute Gasteiger partial charge is 0.293 e. The van der Waals surface area contributed by atoms with Crippen LogP contribution in [0.15, 0.2) is 47.5 Å². The molecule has 1 fully saturated rings. The number of aromatic nitrogens is 1. The third-order valence-electron chi connectivity index (χ3n) is 4.75. The number of nitrogens with one attached hydrogen (secondary N) is 1. The zero-order chi connectivity index (χ0) is 20.9. The predicted molar refractivity (Wildman–Crippen MR) is 107 cm³/mol. The van der Waals surface area contributed by atoms with Gasteiger partial charge in [0.15, 0.2) is 0 Å². The number of anilines is 1. The van der Waals surface area contributed by atoms with Crippen molar-refractivity contribution in [3.8, 4) is 0 Å². The number of β-amino-alcohol motifs (C(OH)–C–C–N with tert-alkyl or cyclic N) is 1. The van der Waals surface area contributed by atoms with Crippen LogP contribution in [0.3, 0.4) is 0 Å². The fourth-order valence-corrected chi connectivity index (χ4v) is 4.21. The summed E-state index contributed by atoms with van der Waals surface area (Å²) in [5.41, 5.74) is 0.687. The molecule has 2 aromatic rings. The number of pyridine rings is 1. The van der Waals surface area contributed by atoms with Gasteiger partial charge >= 0.3 is 0 Å². The molecule has 0 saturated carbocycles. The number of aliphatic hydroxyl groups excluding tert-OH is 1. The van der Waals surface area contributed by atoms with Gasteiger partial charge in [-0.1, -0.05) is 6.07 Å². The lowest BCUT2D eigenvalue weighted by atomic mass is 10.2. The number of nitro groups is 1. The molecule has 0 aliphatic carbocycles. The van der Waals surface area contributed by atoms with Gasteiger partial charge in [-0.15, -0.1) is 0 Å². The van der Waals surface area contributed by atoms with Crippen molar-refractivity contribution < 1.29 is 18.4 Å². The standard InChI is InChI=1S/C18H23N5O5S/c24-12-11-21-7-9-22(10-8-21)17-5-4-16(13-18(17)23(25)26)29(27,28)20-14-15-3-1-2-6-19-15/h1-6,13,20,24H,7-12,14H2. The van der Waals surface area contributed by atoms with Gasteiger partial charge in [0.05, 0.1) is 28.7 Å². The zero-order valence-corrected chi connectivity index (χ0v) is 16.6. The molecule has 156 valence electrons. The van der Waals surface area contributed by atoms with E-state index in [1.165, 1.54) is 12.1 Å². The molecule has 1 aliphatic rings. The fraction of sp³-hybridized carbons (Fsp3) is 0.389. The maximum Gasteiger partial charge on any atom is 0.293 e. The minimum absolute atomic E-state index is 0.00839. The number of sulfonamides is 1. The van der Waals surface area contributed by atoms with Crippen molar-refractivity contribution in [1.29, 1.82) is 0 Å². The van der Waals surface area contributed by atoms with Crippen molar-refractivity contribution in [1.82, 2.24) is 14.6 Å². The number of nitro benzene ring substituents is 1. The molecule has 2 heterocycles. The Bertz CT molecular complexity index is 946. The third kappa shape index (κ3) is 5.26. The van der Waals surface area contributed by atoms with E-state index in [0.29, 0.717) is 44.1 Å². The molecule has 11 heteroatoms. The minimum atomic E-state index is -3.93. The first-order valence-corrected chi connectivity index (χ1v) is 10.7. The molecule has 1 aromatic heterocycles. The van der Waals surface area contributed by atoms with Crippen LogP contribution in [0.1, 0.15) is 5.69 Å². The SMILES string of the molecule is O=[N+]([O-])c1cc(S(=O)(=O)NCc2ccccn2)ccc1N1CCN(CCO)CC1. The average molecular weight is 421 g/mol. The summed E-state index contributed by atoms with van der Waals surface area (Å²) in [6.07, 6.45) is 1.56. The summed E-state index contributed by atoms with van der Waals surface area (Å²) < 4.78 is 27.6. The van der Waals surface area contributed by atoms with Gasteiger partial charge in [0, 0.05) is 45.0 Å². The summed E-state index contributed by atoms with van der Waals surface area (Å²) in [7, 11) is -3.93. The first kappa shape index (κ1) is 21.1. The van der Waals surface area contributed by atoms with Crippen LogP contribution >= 0.6 is 0 Å². The van der Waals surface area contributed by atoms with Crippen LogP contribution in [0, 0.1) is 10.1 Å². The molecule has 0 unspecified atom stereocenters. The quantitative estimate of drug-likeness (QED) is 0.468. The molecule has 0 spiro atoms. The lowest BCUT2D eigenvalue weighted by Crippen LogP contribution is -2.47. The Morgan fingerprint density at radius 2 is 1.93 bits per heavy atom. The van der Waals surface area contributed by atoms with Crippen LogP contribution in [-0.4, -0.2) is 67.7 Å². The highest BCUT2D eigenvalue weighted by Gasteiger charge is 2.26. The lowest BCUT2D eigenvalue weighted by Gasteiger charge is -2.35. The number of aliphatic hydroxyl groups is 1. The van der Waals surface area contributed by atoms with Gasteiger partial charge < -0.3 is 10.0 Å². The van der Waals surface area contributed by atoms with Crippen LogP contribution in [-0.2, 0) is 16.6 Å². The van der Waals surface area contributed by atoms with E-state index in [0.717, 1.165) is 6.07 Å². The van der Waals surface area contributed by atoms with Crippen molar-refractivity contribution in [2.75, 3.05) is 44.2 Å². The van der Waals surface area contributed by atoms with Gasteiger partial charge in [-0.05, 0) is 24.3 Å². The molecule has 0 bridgehead atoms. The van der Waals surface area contributed by atoms with Crippen LogP contribution in [0.4, 0.5) is 11.4 Å². The molecule has 3 rings (SSSR count). The normalized spacial score (nSPS) is 15.4. The number of hydrogen-bond donors (Lipinski definition) is 2. The topological polar surface area (TPSA) is 129 Å². The van der Waals surface area contributed by atoms with E-state index in [1.54, 1.807) is 24.4 Å². The second-order valence-electron chi connectivity index (χ2n) is 6.61. The number of hydrogen-bond acceptors (Lipinski definition) is 8. The molecule has 1 aliphatic heterocycles. The van der Waals surface area contributed by atoms with Crippen molar-refractivity contribution >= 4 is 21.4 Å². The Kier molecular flexibility index (Phi) is 6.75. The zero-order valence-electron chi connectivity index (χ0n) is 15.8. The molecule has 0 amide bonds. The Balaban J connectivity index is 1.78. The average Bonchev–Trinajstić information content (AvgIpc) is 2.73. The molecular formula is C18H23N5O5S. The van der Waals surface area contributed by atoms with Crippen molar-refractivity contribution in [2.45, 2.75) is 11.4 Å². The lowest BCUT2D eigenvalue weighted by molar-refractivity contribution is -0.384. The van der Waals surface area contributed by atoms with E-state index < -0.39 is 14.9 Å². The summed E-state index contributed by atoms with van der Waals surface area (Å²) >= 11 is 0. The van der Waals surface area contributed by atoms with E-state index in [9.17, 15) is 18.5 Å². The second-order valence-corrected chi connectivity index (χ2v) is 8.37. The van der Waals surface area contributed by atoms with Crippen LogP contribution in [0.2, 0.25) is 0 Å². The Labute approximate surface area is 169 Å². The summed E-state index contributed by atoms with van der Waals surface area (Å²) in [6, 6.07) is 9.11. The molecule has 0 radical (unpaired) electrons. The molecule has 0 atom stereocenters. The summed E-state index contributed by atoms with van der Waals surface area (Å²) in [6.45, 7) is 3.08. The number of piperazine rings is 1. The monoisotopic (exact) mass is 421 g/mol. The van der Waals surface area contributed by atoms with E-state index in [2.05, 4.69) is 14.6 Å². The maximum atomic E-state index is 12.6. The molecule has 2 N–H and O–H groups in total. The van der Waals surface area contributed by atoms with Gasteiger partial charge in [-0.3, -0.25) is 20.0 Å². The van der Waals surface area contributed by atoms with Gasteiger partial charge in [-0.2, -0.15) is 0 Å². The van der Waals surface area contributed by atoms with Gasteiger partial charge in [-0.25, -0.2) is 13.1 Å². The largest absolute Gasteiger partial charge is 0.395 e. The highest BCUT2D eigenvalue weighted by atomic mass is 32.2. The summed E-state index contributed by atoms with van der Waals surface area (Å²) in [5, 5.41) is 20.6. The van der Waals surface area contributed by atoms with Crippen LogP contribution in [0.25, 0.3) is 0 Å². The molecule has 10 nitrogen and oxygen atoms in total. The van der Waals surface area contributed by atoms with E-state index in [4.69, 9.17) is 5.11 Å². The predicted octanol–water partition coefficient (Wildman–Crippen LogP) is 0.583. The number of benzene rings is 1. The first-order chi connectivity index (χ1) is 13.9. The molecule has 29 heavy (non-hydrogen) atoms. The van der Waals surface area contributed by atoms with Crippen molar-refractivity contribution in [3.05, 3.63) is 58.4 Å². The minimum Gasteiger partial charge on any atom is -0.395 e. The molecule has 1 aromatic carbocycles. The molecule has 1 saturated heterocycles. The Morgan fingerprint density at radius 3 is 2.55 bits per heavy atom. The molecular weight excluding hydrogens is 398 g/mol. The van der Waals surface area contributed by atoms with Gasteiger partial charge in [0.2, 0.25) is 10.0 Å². The van der Waals surface area contributed by atoms with Gasteiger partial charge in [0.1, 0.15) is 5.69 Å². The third-order valence-corrected chi connectivity index (χ3v) is 6.15. The number of rotatable bonds is 8. The van der Waals surface area contributed by atoms with E-state index in [-0.39, 0.29) is 23.7 Å². The Morgan fingerprint density at radius 1 is 1.17 bits per heavy atom. The van der Waals surface area contributed by atoms with E-state index in [1.807, 2.05) is 4.90 Å². The van der Waals surface area contributed by atoms with Crippen LogP contribution < -0.4 is 9.62 Å². The summed E-state index contributed by atoms with van der Waals surface area (Å²) in [4.78, 5) is 18.9.